The molecule has 0 bridgehead atoms. The number of aromatic nitrogens is 2. The maximum absolute atomic E-state index is 12.1. The van der Waals surface area contributed by atoms with E-state index in [2.05, 4.69) is 16.9 Å². The van der Waals surface area contributed by atoms with Crippen molar-refractivity contribution in [2.45, 2.75) is 20.4 Å². The Bertz CT molecular complexity index is 838. The first-order chi connectivity index (χ1) is 11.4. The lowest BCUT2D eigenvalue weighted by Gasteiger charge is -2.05. The topological polar surface area (TPSA) is 90.3 Å². The lowest BCUT2D eigenvalue weighted by atomic mass is 10.3. The molecule has 126 valence electrons. The number of anilines is 1. The number of amides is 1. The van der Waals surface area contributed by atoms with Gasteiger partial charge in [0, 0.05) is 11.8 Å². The Balaban J connectivity index is 2.07. The van der Waals surface area contributed by atoms with Gasteiger partial charge in [-0.3, -0.25) is 9.59 Å². The molecule has 0 saturated heterocycles. The number of aryl methyl sites for hydroxylation is 2. The molecule has 8 heteroatoms. The second-order valence-corrected chi connectivity index (χ2v) is 5.99. The summed E-state index contributed by atoms with van der Waals surface area (Å²) < 4.78 is 6.27. The highest BCUT2D eigenvalue weighted by molar-refractivity contribution is 7.17. The molecule has 7 nitrogen and oxygen atoms in total. The van der Waals surface area contributed by atoms with E-state index in [1.807, 2.05) is 0 Å². The minimum Gasteiger partial charge on any atom is -0.457 e. The zero-order valence-corrected chi connectivity index (χ0v) is 14.2. The molecule has 0 saturated carbocycles. The lowest BCUT2D eigenvalue weighted by Crippen LogP contribution is -2.28. The van der Waals surface area contributed by atoms with Gasteiger partial charge in [0.25, 0.3) is 5.56 Å². The highest BCUT2D eigenvalue weighted by Crippen LogP contribution is 2.23. The zero-order chi connectivity index (χ0) is 17.7. The Hall–Kier alpha value is -2.74. The summed E-state index contributed by atoms with van der Waals surface area (Å²) in [6.45, 7) is 6.78. The minimum absolute atomic E-state index is 0.105. The van der Waals surface area contributed by atoms with Gasteiger partial charge in [0.1, 0.15) is 18.0 Å². The number of esters is 1. The summed E-state index contributed by atoms with van der Waals surface area (Å²) in [6, 6.07) is 3.38. The van der Waals surface area contributed by atoms with E-state index in [1.165, 1.54) is 10.6 Å². The van der Waals surface area contributed by atoms with E-state index in [4.69, 9.17) is 4.74 Å². The van der Waals surface area contributed by atoms with Crippen LogP contribution in [0.5, 0.6) is 0 Å². The van der Waals surface area contributed by atoms with Crippen LogP contribution >= 0.6 is 11.3 Å². The predicted molar refractivity (Wildman–Crippen MR) is 91.4 cm³/mol. The summed E-state index contributed by atoms with van der Waals surface area (Å²) in [5.41, 5.74) is 0.802. The van der Waals surface area contributed by atoms with Crippen LogP contribution in [0.2, 0.25) is 0 Å². The van der Waals surface area contributed by atoms with Crippen molar-refractivity contribution < 1.29 is 14.3 Å². The molecule has 1 amide bonds. The Kier molecular flexibility index (Phi) is 5.64. The third kappa shape index (κ3) is 4.17. The molecule has 0 aliphatic carbocycles. The Morgan fingerprint density at radius 3 is 2.92 bits per heavy atom. The van der Waals surface area contributed by atoms with Crippen molar-refractivity contribution in [2.75, 3.05) is 11.9 Å². The zero-order valence-electron chi connectivity index (χ0n) is 13.4. The van der Waals surface area contributed by atoms with Gasteiger partial charge in [0.15, 0.2) is 5.13 Å². The maximum atomic E-state index is 12.1. The molecule has 0 aliphatic rings. The van der Waals surface area contributed by atoms with E-state index in [9.17, 15) is 14.4 Å². The molecule has 2 heterocycles. The third-order valence-electron chi connectivity index (χ3n) is 3.09. The largest absolute Gasteiger partial charge is 0.457 e. The van der Waals surface area contributed by atoms with E-state index in [0.717, 1.165) is 11.3 Å². The van der Waals surface area contributed by atoms with Crippen LogP contribution in [0.3, 0.4) is 0 Å². The van der Waals surface area contributed by atoms with Crippen LogP contribution in [-0.4, -0.2) is 28.0 Å². The summed E-state index contributed by atoms with van der Waals surface area (Å²) in [4.78, 5) is 40.3. The van der Waals surface area contributed by atoms with E-state index in [-0.39, 0.29) is 23.8 Å². The van der Waals surface area contributed by atoms with Gasteiger partial charge in [-0.1, -0.05) is 30.1 Å². The fraction of sp³-hybridized carbons (Fsp3) is 0.250. The second-order valence-electron chi connectivity index (χ2n) is 4.99. The number of hydrogen-bond acceptors (Lipinski definition) is 6. The summed E-state index contributed by atoms with van der Waals surface area (Å²) in [5, 5.41) is 2.87. The monoisotopic (exact) mass is 347 g/mol. The van der Waals surface area contributed by atoms with Gasteiger partial charge in [-0.05, 0) is 19.9 Å². The second kappa shape index (κ2) is 7.69. The number of nitrogens with zero attached hydrogens (tertiary/aromatic N) is 2. The van der Waals surface area contributed by atoms with E-state index < -0.39 is 11.9 Å². The lowest BCUT2D eigenvalue weighted by molar-refractivity contribution is -0.116. The summed E-state index contributed by atoms with van der Waals surface area (Å²) in [5.74, 6) is -0.914. The highest BCUT2D eigenvalue weighted by atomic mass is 32.1. The normalized spacial score (nSPS) is 10.2. The molecule has 0 unspecified atom stereocenters. The predicted octanol–water partition coefficient (Wildman–Crippen LogP) is 1.90. The molecular weight excluding hydrogens is 330 g/mol. The van der Waals surface area contributed by atoms with Crippen LogP contribution in [0.15, 0.2) is 35.8 Å². The van der Waals surface area contributed by atoms with Crippen molar-refractivity contribution in [3.8, 4) is 0 Å². The Morgan fingerprint density at radius 2 is 2.21 bits per heavy atom. The van der Waals surface area contributed by atoms with E-state index in [1.54, 1.807) is 32.2 Å². The molecule has 0 aromatic carbocycles. The van der Waals surface area contributed by atoms with Crippen molar-refractivity contribution in [3.05, 3.63) is 57.5 Å². The number of rotatable bonds is 6. The molecule has 2 aromatic heterocycles. The molecular formula is C16H17N3O4S. The first kappa shape index (κ1) is 17.6. The SMILES string of the molecule is C=CCOC(=O)c1sc(NC(=O)Cn2cccc(C)c2=O)nc1C. The van der Waals surface area contributed by atoms with Crippen LogP contribution in [-0.2, 0) is 16.1 Å². The summed E-state index contributed by atoms with van der Waals surface area (Å²) in [6.07, 6.45) is 3.01. The van der Waals surface area contributed by atoms with Gasteiger partial charge in [0.05, 0.1) is 5.69 Å². The summed E-state index contributed by atoms with van der Waals surface area (Å²) >= 11 is 1.03. The number of thiazole rings is 1. The average Bonchev–Trinajstić information content (AvgIpc) is 2.90. The van der Waals surface area contributed by atoms with Crippen LogP contribution in [0, 0.1) is 13.8 Å². The fourth-order valence-corrected chi connectivity index (χ4v) is 2.81. The molecule has 2 aromatic rings. The molecule has 0 spiro atoms. The van der Waals surface area contributed by atoms with Crippen molar-refractivity contribution in [1.82, 2.24) is 9.55 Å². The van der Waals surface area contributed by atoms with E-state index in [0.29, 0.717) is 16.1 Å². The van der Waals surface area contributed by atoms with Crippen molar-refractivity contribution >= 4 is 28.3 Å². The smallest absolute Gasteiger partial charge is 0.350 e. The first-order valence-electron chi connectivity index (χ1n) is 7.13. The number of carbonyl (C=O) groups excluding carboxylic acids is 2. The van der Waals surface area contributed by atoms with Gasteiger partial charge < -0.3 is 14.6 Å². The van der Waals surface area contributed by atoms with Crippen LogP contribution in [0.1, 0.15) is 20.9 Å². The third-order valence-corrected chi connectivity index (χ3v) is 4.14. The Morgan fingerprint density at radius 1 is 1.46 bits per heavy atom. The van der Waals surface area contributed by atoms with Crippen LogP contribution < -0.4 is 10.9 Å². The minimum atomic E-state index is -0.514. The molecule has 0 aliphatic heterocycles. The first-order valence-corrected chi connectivity index (χ1v) is 7.95. The number of ether oxygens (including phenoxy) is 1. The number of carbonyl (C=O) groups is 2. The van der Waals surface area contributed by atoms with Crippen LogP contribution in [0.25, 0.3) is 0 Å². The van der Waals surface area contributed by atoms with E-state index >= 15 is 0 Å². The molecule has 24 heavy (non-hydrogen) atoms. The van der Waals surface area contributed by atoms with Crippen molar-refractivity contribution in [1.29, 1.82) is 0 Å². The van der Waals surface area contributed by atoms with Gasteiger partial charge in [0.2, 0.25) is 5.91 Å². The fourth-order valence-electron chi connectivity index (χ4n) is 1.93. The van der Waals surface area contributed by atoms with Gasteiger partial charge >= 0.3 is 5.97 Å². The van der Waals surface area contributed by atoms with Gasteiger partial charge in [-0.15, -0.1) is 0 Å². The average molecular weight is 347 g/mol. The highest BCUT2D eigenvalue weighted by Gasteiger charge is 2.17. The van der Waals surface area contributed by atoms with Gasteiger partial charge in [-0.25, -0.2) is 9.78 Å². The maximum Gasteiger partial charge on any atom is 0.350 e. The quantitative estimate of drug-likeness (QED) is 0.637. The summed E-state index contributed by atoms with van der Waals surface area (Å²) in [7, 11) is 0. The Labute approximate surface area is 142 Å². The molecule has 2 rings (SSSR count). The number of nitrogens with one attached hydrogen (secondary N) is 1. The molecule has 0 fully saturated rings. The molecule has 0 atom stereocenters. The van der Waals surface area contributed by atoms with Gasteiger partial charge in [-0.2, -0.15) is 0 Å². The van der Waals surface area contributed by atoms with Crippen molar-refractivity contribution in [3.63, 3.8) is 0 Å². The van der Waals surface area contributed by atoms with Crippen LogP contribution in [0.4, 0.5) is 5.13 Å². The number of pyridine rings is 1. The molecule has 1 N–H and O–H groups in total. The van der Waals surface area contributed by atoms with Crippen molar-refractivity contribution in [2.24, 2.45) is 0 Å². The number of hydrogen-bond donors (Lipinski definition) is 1. The molecule has 0 radical (unpaired) electrons. The standard InChI is InChI=1S/C16H17N3O4S/c1-4-8-23-15(22)13-11(3)17-16(24-13)18-12(20)9-19-7-5-6-10(2)14(19)21/h4-7H,1,8-9H2,2-3H3,(H,17,18,20).